The number of aryl methyl sites for hydroxylation is 1. The van der Waals surface area contributed by atoms with Crippen molar-refractivity contribution in [1.29, 1.82) is 0 Å². The fraction of sp³-hybridized carbons (Fsp3) is 0.600. The standard InChI is InChI=1S/C15H20BF3O2/c1-13(2)14(3,4)21-16(20-13)10-9-11-5-7-12(8-6-11)15(17,18)19/h5-8H,9-10H2,1-4H3. The zero-order valence-electron chi connectivity index (χ0n) is 12.8. The average molecular weight is 300 g/mol. The van der Waals surface area contributed by atoms with Crippen LogP contribution in [0.4, 0.5) is 13.2 Å². The van der Waals surface area contributed by atoms with E-state index in [1.54, 1.807) is 0 Å². The summed E-state index contributed by atoms with van der Waals surface area (Å²) in [6.45, 7) is 7.91. The van der Waals surface area contributed by atoms with Crippen LogP contribution >= 0.6 is 0 Å². The Hall–Kier alpha value is -1.01. The second-order valence-corrected chi connectivity index (χ2v) is 6.42. The van der Waals surface area contributed by atoms with Crippen molar-refractivity contribution in [1.82, 2.24) is 0 Å². The van der Waals surface area contributed by atoms with Gasteiger partial charge in [-0.25, -0.2) is 0 Å². The minimum atomic E-state index is -4.29. The van der Waals surface area contributed by atoms with Gasteiger partial charge in [0.05, 0.1) is 16.8 Å². The van der Waals surface area contributed by atoms with Crippen molar-refractivity contribution in [2.24, 2.45) is 0 Å². The van der Waals surface area contributed by atoms with Gasteiger partial charge in [-0.05, 0) is 58.1 Å². The van der Waals surface area contributed by atoms with Gasteiger partial charge in [0, 0.05) is 0 Å². The van der Waals surface area contributed by atoms with Crippen molar-refractivity contribution in [2.45, 2.75) is 57.8 Å². The number of hydrogen-bond donors (Lipinski definition) is 0. The smallest absolute Gasteiger partial charge is 0.403 e. The molecule has 1 aromatic rings. The summed E-state index contributed by atoms with van der Waals surface area (Å²) >= 11 is 0. The normalized spacial score (nSPS) is 20.8. The first-order chi connectivity index (χ1) is 9.51. The zero-order valence-corrected chi connectivity index (χ0v) is 12.8. The molecule has 1 heterocycles. The molecule has 0 amide bonds. The molecule has 0 atom stereocenters. The summed E-state index contributed by atoms with van der Waals surface area (Å²) in [5.74, 6) is 0. The highest BCUT2D eigenvalue weighted by Gasteiger charge is 2.50. The lowest BCUT2D eigenvalue weighted by molar-refractivity contribution is -0.137. The van der Waals surface area contributed by atoms with Gasteiger partial charge in [-0.15, -0.1) is 0 Å². The Morgan fingerprint density at radius 2 is 1.43 bits per heavy atom. The topological polar surface area (TPSA) is 18.5 Å². The van der Waals surface area contributed by atoms with Gasteiger partial charge in [0.15, 0.2) is 0 Å². The van der Waals surface area contributed by atoms with Crippen LogP contribution in [-0.4, -0.2) is 18.3 Å². The van der Waals surface area contributed by atoms with E-state index in [1.807, 2.05) is 27.7 Å². The average Bonchev–Trinajstić information content (AvgIpc) is 2.55. The van der Waals surface area contributed by atoms with Gasteiger partial charge in [0.1, 0.15) is 0 Å². The molecule has 0 spiro atoms. The molecule has 1 saturated heterocycles. The van der Waals surface area contributed by atoms with E-state index in [1.165, 1.54) is 12.1 Å². The molecule has 1 aliphatic rings. The predicted octanol–water partition coefficient (Wildman–Crippen LogP) is 4.34. The van der Waals surface area contributed by atoms with E-state index in [2.05, 4.69) is 0 Å². The van der Waals surface area contributed by atoms with Crippen LogP contribution in [0.25, 0.3) is 0 Å². The Bertz CT molecular complexity index is 479. The highest BCUT2D eigenvalue weighted by atomic mass is 19.4. The molecule has 0 bridgehead atoms. The minimum Gasteiger partial charge on any atom is -0.403 e. The molecule has 1 aromatic carbocycles. The molecule has 0 radical (unpaired) electrons. The lowest BCUT2D eigenvalue weighted by Crippen LogP contribution is -2.41. The van der Waals surface area contributed by atoms with Crippen molar-refractivity contribution in [3.63, 3.8) is 0 Å². The fourth-order valence-electron chi connectivity index (χ4n) is 2.23. The Kier molecular flexibility index (Phi) is 4.15. The van der Waals surface area contributed by atoms with Crippen molar-refractivity contribution >= 4 is 7.12 Å². The summed E-state index contributed by atoms with van der Waals surface area (Å²) in [6, 6.07) is 5.24. The molecule has 21 heavy (non-hydrogen) atoms. The van der Waals surface area contributed by atoms with Gasteiger partial charge in [-0.1, -0.05) is 12.1 Å². The molecule has 0 saturated carbocycles. The monoisotopic (exact) mass is 300 g/mol. The number of rotatable bonds is 3. The highest BCUT2D eigenvalue weighted by molar-refractivity contribution is 6.45. The van der Waals surface area contributed by atoms with Gasteiger partial charge in [-0.2, -0.15) is 13.2 Å². The number of alkyl halides is 3. The SMILES string of the molecule is CC1(C)OB(CCc2ccc(C(F)(F)F)cc2)OC1(C)C. The summed E-state index contributed by atoms with van der Waals surface area (Å²) in [7, 11) is -0.322. The summed E-state index contributed by atoms with van der Waals surface area (Å²) in [4.78, 5) is 0. The van der Waals surface area contributed by atoms with Crippen LogP contribution in [0.15, 0.2) is 24.3 Å². The lowest BCUT2D eigenvalue weighted by atomic mass is 9.81. The molecule has 1 fully saturated rings. The van der Waals surface area contributed by atoms with E-state index >= 15 is 0 Å². The molecule has 2 nitrogen and oxygen atoms in total. The molecule has 6 heteroatoms. The number of halogens is 3. The summed E-state index contributed by atoms with van der Waals surface area (Å²) in [6.07, 6.45) is -3.04. The Labute approximate surface area is 123 Å². The van der Waals surface area contributed by atoms with Crippen molar-refractivity contribution in [3.05, 3.63) is 35.4 Å². The third-order valence-corrected chi connectivity index (χ3v) is 4.25. The van der Waals surface area contributed by atoms with Gasteiger partial charge in [-0.3, -0.25) is 0 Å². The van der Waals surface area contributed by atoms with E-state index in [0.29, 0.717) is 12.7 Å². The van der Waals surface area contributed by atoms with Crippen molar-refractivity contribution in [3.8, 4) is 0 Å². The van der Waals surface area contributed by atoms with Crippen LogP contribution in [0.2, 0.25) is 6.32 Å². The van der Waals surface area contributed by atoms with E-state index in [4.69, 9.17) is 9.31 Å². The third-order valence-electron chi connectivity index (χ3n) is 4.25. The molecule has 116 valence electrons. The first-order valence-electron chi connectivity index (χ1n) is 7.03. The van der Waals surface area contributed by atoms with Crippen LogP contribution in [0.1, 0.15) is 38.8 Å². The maximum absolute atomic E-state index is 12.5. The quantitative estimate of drug-likeness (QED) is 0.773. The first kappa shape index (κ1) is 16.4. The molecule has 0 aromatic heterocycles. The fourth-order valence-corrected chi connectivity index (χ4v) is 2.23. The second kappa shape index (κ2) is 5.32. The summed E-state index contributed by atoms with van der Waals surface area (Å²) in [5.41, 5.74) is -0.533. The molecular weight excluding hydrogens is 280 g/mol. The van der Waals surface area contributed by atoms with Crippen LogP contribution in [0.3, 0.4) is 0 Å². The van der Waals surface area contributed by atoms with E-state index in [-0.39, 0.29) is 18.3 Å². The van der Waals surface area contributed by atoms with E-state index < -0.39 is 11.7 Å². The minimum absolute atomic E-state index is 0.322. The summed E-state index contributed by atoms with van der Waals surface area (Å²) < 4.78 is 49.2. The predicted molar refractivity (Wildman–Crippen MR) is 76.0 cm³/mol. The molecule has 0 aliphatic carbocycles. The van der Waals surface area contributed by atoms with Gasteiger partial charge >= 0.3 is 13.3 Å². The lowest BCUT2D eigenvalue weighted by Gasteiger charge is -2.32. The van der Waals surface area contributed by atoms with Crippen LogP contribution in [0, 0.1) is 0 Å². The van der Waals surface area contributed by atoms with Crippen molar-refractivity contribution < 1.29 is 22.5 Å². The second-order valence-electron chi connectivity index (χ2n) is 6.42. The maximum atomic E-state index is 12.5. The molecule has 1 aliphatic heterocycles. The Morgan fingerprint density at radius 1 is 0.952 bits per heavy atom. The molecule has 0 N–H and O–H groups in total. The third kappa shape index (κ3) is 3.61. The highest BCUT2D eigenvalue weighted by Crippen LogP contribution is 2.38. The largest absolute Gasteiger partial charge is 0.458 e. The Morgan fingerprint density at radius 3 is 1.86 bits per heavy atom. The first-order valence-corrected chi connectivity index (χ1v) is 7.03. The van der Waals surface area contributed by atoms with E-state index in [0.717, 1.165) is 17.7 Å². The van der Waals surface area contributed by atoms with Crippen LogP contribution < -0.4 is 0 Å². The van der Waals surface area contributed by atoms with Crippen LogP contribution in [0.5, 0.6) is 0 Å². The molecule has 0 unspecified atom stereocenters. The van der Waals surface area contributed by atoms with E-state index in [9.17, 15) is 13.2 Å². The van der Waals surface area contributed by atoms with Gasteiger partial charge in [0.25, 0.3) is 0 Å². The Balaban J connectivity index is 1.93. The van der Waals surface area contributed by atoms with Gasteiger partial charge < -0.3 is 9.31 Å². The zero-order chi connectivity index (χ0) is 15.9. The van der Waals surface area contributed by atoms with Gasteiger partial charge in [0.2, 0.25) is 0 Å². The van der Waals surface area contributed by atoms with Crippen molar-refractivity contribution in [2.75, 3.05) is 0 Å². The number of hydrogen-bond acceptors (Lipinski definition) is 2. The number of benzene rings is 1. The van der Waals surface area contributed by atoms with Crippen LogP contribution in [-0.2, 0) is 21.9 Å². The molecule has 2 rings (SSSR count). The molecular formula is C15H20BF3O2. The summed E-state index contributed by atoms with van der Waals surface area (Å²) in [5, 5.41) is 0. The maximum Gasteiger partial charge on any atom is 0.458 e.